The highest BCUT2D eigenvalue weighted by Crippen LogP contribution is 1.98. The average Bonchev–Trinajstić information content (AvgIpc) is 1.85. The molecule has 0 aromatic heterocycles. The van der Waals surface area contributed by atoms with Crippen LogP contribution in [0.1, 0.15) is 0 Å². The molecule has 1 rings (SSSR count). The first kappa shape index (κ1) is 9.38. The van der Waals surface area contributed by atoms with Crippen molar-refractivity contribution in [1.82, 2.24) is 14.7 Å². The SMILES string of the molecule is C[Si]N1B(C)NB(C)NB1C. The van der Waals surface area contributed by atoms with Crippen LogP contribution in [0.15, 0.2) is 0 Å². The molecule has 0 atom stereocenters. The molecule has 1 fully saturated rings. The number of nitrogens with zero attached hydrogens (tertiary/aromatic N) is 1. The van der Waals surface area contributed by atoms with Crippen LogP contribution in [0.2, 0.25) is 27.0 Å². The molecule has 11 heavy (non-hydrogen) atoms. The lowest BCUT2D eigenvalue weighted by molar-refractivity contribution is 0.931. The minimum Gasteiger partial charge on any atom is -0.383 e. The second-order valence-electron chi connectivity index (χ2n) is 3.04. The van der Waals surface area contributed by atoms with Crippen LogP contribution >= 0.6 is 0 Å². The molecule has 0 amide bonds. The van der Waals surface area contributed by atoms with E-state index in [2.05, 4.69) is 41.7 Å². The Hall–Kier alpha value is 0.292. The molecule has 58 valence electrons. The summed E-state index contributed by atoms with van der Waals surface area (Å²) in [6.45, 7) is 10.2. The Kier molecular flexibility index (Phi) is 3.24. The van der Waals surface area contributed by atoms with Crippen LogP contribution < -0.4 is 10.3 Å². The van der Waals surface area contributed by atoms with Crippen LogP contribution in [0.4, 0.5) is 0 Å². The first-order chi connectivity index (χ1) is 5.15. The largest absolute Gasteiger partial charge is 0.383 e. The summed E-state index contributed by atoms with van der Waals surface area (Å²) in [5.41, 5.74) is 0. The van der Waals surface area contributed by atoms with Gasteiger partial charge in [-0.25, -0.2) is 0 Å². The van der Waals surface area contributed by atoms with Gasteiger partial charge >= 0.3 is 0 Å². The number of hydrogen-bond donors (Lipinski definition) is 2. The van der Waals surface area contributed by atoms with Gasteiger partial charge in [-0.1, -0.05) is 27.0 Å². The molecular weight excluding hydrogens is 151 g/mol. The van der Waals surface area contributed by atoms with E-state index < -0.39 is 0 Å². The van der Waals surface area contributed by atoms with Gasteiger partial charge in [0.05, 0.1) is 0 Å². The summed E-state index contributed by atoms with van der Waals surface area (Å²) in [6.07, 6.45) is 0. The molecule has 0 saturated carbocycles. The molecule has 3 nitrogen and oxygen atoms in total. The molecule has 0 unspecified atom stereocenters. The Morgan fingerprint density at radius 2 is 1.55 bits per heavy atom. The summed E-state index contributed by atoms with van der Waals surface area (Å²) in [4.78, 5) is 0. The first-order valence-corrected chi connectivity index (χ1v) is 5.57. The number of nitrogens with one attached hydrogen (secondary N) is 2. The Balaban J connectivity index is 2.52. The number of rotatable bonds is 1. The van der Waals surface area contributed by atoms with Gasteiger partial charge in [-0.3, -0.25) is 0 Å². The quantitative estimate of drug-likeness (QED) is 0.512. The van der Waals surface area contributed by atoms with Crippen molar-refractivity contribution in [2.24, 2.45) is 0 Å². The van der Waals surface area contributed by atoms with Gasteiger partial charge in [0.15, 0.2) is 0 Å². The third kappa shape index (κ3) is 2.11. The maximum atomic E-state index is 3.43. The Labute approximate surface area is 72.9 Å². The van der Waals surface area contributed by atoms with Crippen molar-refractivity contribution in [1.29, 1.82) is 0 Å². The van der Waals surface area contributed by atoms with Gasteiger partial charge in [-0.2, -0.15) is 0 Å². The average molecular weight is 165 g/mol. The molecule has 1 heterocycles. The van der Waals surface area contributed by atoms with Gasteiger partial charge in [-0.05, 0) is 0 Å². The van der Waals surface area contributed by atoms with Gasteiger partial charge in [0.1, 0.15) is 9.68 Å². The Morgan fingerprint density at radius 1 is 1.09 bits per heavy atom. The molecule has 0 bridgehead atoms. The minimum atomic E-state index is 0.438. The second kappa shape index (κ2) is 3.80. The molecule has 7 heteroatoms. The van der Waals surface area contributed by atoms with Crippen LogP contribution in [-0.2, 0) is 0 Å². The summed E-state index contributed by atoms with van der Waals surface area (Å²) in [6, 6.07) is 0. The summed E-state index contributed by atoms with van der Waals surface area (Å²) in [5.74, 6) is 0. The van der Waals surface area contributed by atoms with Gasteiger partial charge in [0.25, 0.3) is 20.9 Å². The van der Waals surface area contributed by atoms with Gasteiger partial charge in [0, 0.05) is 0 Å². The normalized spacial score (nSPS) is 21.3. The molecular formula is C4H14B3N3Si. The second-order valence-corrected chi connectivity index (χ2v) is 4.00. The zero-order chi connectivity index (χ0) is 8.43. The van der Waals surface area contributed by atoms with Crippen LogP contribution in [-0.4, -0.2) is 35.0 Å². The van der Waals surface area contributed by atoms with Gasteiger partial charge in [0.2, 0.25) is 0 Å². The monoisotopic (exact) mass is 165 g/mol. The lowest BCUT2D eigenvalue weighted by atomic mass is 9.52. The van der Waals surface area contributed by atoms with E-state index in [-0.39, 0.29) is 0 Å². The molecule has 1 saturated heterocycles. The standard InChI is InChI=1S/C4H14B3N3Si/c1-5-8-6(2)10(11-4)7(3)9-5/h8-9H,1-4H3. The molecule has 0 spiro atoms. The maximum Gasteiger partial charge on any atom is 0.281 e. The zero-order valence-corrected chi connectivity index (χ0v) is 8.68. The third-order valence-corrected chi connectivity index (χ3v) is 3.37. The predicted octanol–water partition coefficient (Wildman–Crippen LogP) is -0.497. The highest BCUT2D eigenvalue weighted by Gasteiger charge is 2.33. The molecule has 1 aliphatic rings. The molecule has 2 N–H and O–H groups in total. The summed E-state index contributed by atoms with van der Waals surface area (Å²) in [7, 11) is 0.866. The Bertz CT molecular complexity index is 126. The minimum absolute atomic E-state index is 0.438. The van der Waals surface area contributed by atoms with E-state index in [9.17, 15) is 0 Å². The van der Waals surface area contributed by atoms with Crippen molar-refractivity contribution < 1.29 is 0 Å². The fourth-order valence-electron chi connectivity index (χ4n) is 1.66. The van der Waals surface area contributed by atoms with Gasteiger partial charge in [-0.15, -0.1) is 0 Å². The van der Waals surface area contributed by atoms with E-state index in [1.165, 1.54) is 0 Å². The highest BCUT2D eigenvalue weighted by atomic mass is 28.2. The lowest BCUT2D eigenvalue weighted by Crippen LogP contribution is -2.73. The van der Waals surface area contributed by atoms with Crippen LogP contribution in [0.25, 0.3) is 0 Å². The zero-order valence-electron chi connectivity index (χ0n) is 7.68. The van der Waals surface area contributed by atoms with Crippen LogP contribution in [0, 0.1) is 0 Å². The Morgan fingerprint density at radius 3 is 1.91 bits per heavy atom. The van der Waals surface area contributed by atoms with E-state index in [1.54, 1.807) is 0 Å². The van der Waals surface area contributed by atoms with E-state index >= 15 is 0 Å². The maximum absolute atomic E-state index is 3.43. The predicted molar refractivity (Wildman–Crippen MR) is 54.6 cm³/mol. The smallest absolute Gasteiger partial charge is 0.281 e. The van der Waals surface area contributed by atoms with Crippen LogP contribution in [0.5, 0.6) is 0 Å². The van der Waals surface area contributed by atoms with Crippen molar-refractivity contribution in [2.75, 3.05) is 0 Å². The van der Waals surface area contributed by atoms with Crippen molar-refractivity contribution in [3.8, 4) is 0 Å². The van der Waals surface area contributed by atoms with E-state index in [4.69, 9.17) is 0 Å². The molecule has 0 aliphatic carbocycles. The van der Waals surface area contributed by atoms with Crippen molar-refractivity contribution in [3.63, 3.8) is 0 Å². The number of hydrogen-bond acceptors (Lipinski definition) is 3. The van der Waals surface area contributed by atoms with Crippen molar-refractivity contribution in [3.05, 3.63) is 0 Å². The fraction of sp³-hybridized carbons (Fsp3) is 1.00. The fourth-order valence-corrected chi connectivity index (χ4v) is 2.58. The molecule has 0 aromatic rings. The molecule has 2 radical (unpaired) electrons. The first-order valence-electron chi connectivity index (χ1n) is 4.13. The lowest BCUT2D eigenvalue weighted by Gasteiger charge is -2.38. The van der Waals surface area contributed by atoms with Crippen LogP contribution in [0.3, 0.4) is 0 Å². The van der Waals surface area contributed by atoms with E-state index in [0.29, 0.717) is 20.9 Å². The summed E-state index contributed by atoms with van der Waals surface area (Å²) >= 11 is 0. The summed E-state index contributed by atoms with van der Waals surface area (Å²) < 4.78 is 2.42. The third-order valence-electron chi connectivity index (χ3n) is 2.08. The van der Waals surface area contributed by atoms with E-state index in [1.807, 2.05) is 0 Å². The van der Waals surface area contributed by atoms with Crippen molar-refractivity contribution >= 4 is 30.6 Å². The van der Waals surface area contributed by atoms with Crippen molar-refractivity contribution in [2.45, 2.75) is 27.0 Å². The topological polar surface area (TPSA) is 27.3 Å². The van der Waals surface area contributed by atoms with Gasteiger partial charge < -0.3 is 14.7 Å². The van der Waals surface area contributed by atoms with E-state index in [0.717, 1.165) is 9.68 Å². The summed E-state index contributed by atoms with van der Waals surface area (Å²) in [5, 5.41) is 6.86. The molecule has 0 aromatic carbocycles. The highest BCUT2D eigenvalue weighted by molar-refractivity contribution is 6.90. The molecule has 1 aliphatic heterocycles.